The summed E-state index contributed by atoms with van der Waals surface area (Å²) < 4.78 is 5.33. The molecule has 1 aromatic rings. The number of nitrogens with one attached hydrogen (secondary N) is 1. The van der Waals surface area contributed by atoms with Crippen LogP contribution in [0, 0.1) is 0 Å². The molecule has 0 fully saturated rings. The topological polar surface area (TPSA) is 47.3 Å². The Morgan fingerprint density at radius 3 is 2.38 bits per heavy atom. The fraction of sp³-hybridized carbons (Fsp3) is 0.667. The Kier molecular flexibility index (Phi) is 7.76. The predicted octanol–water partition coefficient (Wildman–Crippen LogP) is 4.10. The molecule has 0 saturated heterocycles. The second kappa shape index (κ2) is 9.06. The largest absolute Gasteiger partial charge is 0.383 e. The molecule has 0 amide bonds. The van der Waals surface area contributed by atoms with Gasteiger partial charge in [-0.15, -0.1) is 0 Å². The monoisotopic (exact) mass is 292 g/mol. The SMILES string of the molecule is COCC(CCCN)Nc1ccc(C(C)C)cc1C(C)C. The normalized spacial score (nSPS) is 13.0. The molecule has 120 valence electrons. The number of anilines is 1. The molecule has 1 unspecified atom stereocenters. The Hall–Kier alpha value is -1.06. The molecule has 21 heavy (non-hydrogen) atoms. The van der Waals surface area contributed by atoms with E-state index in [2.05, 4.69) is 51.2 Å². The first-order chi connectivity index (χ1) is 9.99. The molecule has 1 aromatic carbocycles. The Balaban J connectivity index is 2.93. The van der Waals surface area contributed by atoms with E-state index in [1.165, 1.54) is 16.8 Å². The van der Waals surface area contributed by atoms with Crippen LogP contribution in [0.4, 0.5) is 5.69 Å². The quantitative estimate of drug-likeness (QED) is 0.720. The second-order valence-electron chi connectivity index (χ2n) is 6.38. The summed E-state index contributed by atoms with van der Waals surface area (Å²) in [6, 6.07) is 7.10. The molecular weight excluding hydrogens is 260 g/mol. The van der Waals surface area contributed by atoms with E-state index in [0.29, 0.717) is 24.5 Å². The average Bonchev–Trinajstić information content (AvgIpc) is 2.44. The summed E-state index contributed by atoms with van der Waals surface area (Å²) in [5.74, 6) is 1.06. The standard InChI is InChI=1S/C18H32N2O/c1-13(2)15-8-9-18(17(11-15)14(3)4)20-16(12-21-5)7-6-10-19/h8-9,11,13-14,16,20H,6-7,10,12,19H2,1-5H3. The summed E-state index contributed by atoms with van der Waals surface area (Å²) in [6.07, 6.45) is 2.05. The molecule has 0 aliphatic carbocycles. The summed E-state index contributed by atoms with van der Waals surface area (Å²) in [5, 5.41) is 3.65. The predicted molar refractivity (Wildman–Crippen MR) is 92.2 cm³/mol. The first-order valence-electron chi connectivity index (χ1n) is 8.09. The zero-order valence-electron chi connectivity index (χ0n) is 14.3. The third kappa shape index (κ3) is 5.68. The maximum absolute atomic E-state index is 5.63. The van der Waals surface area contributed by atoms with Crippen LogP contribution in [0.5, 0.6) is 0 Å². The molecule has 0 bridgehead atoms. The van der Waals surface area contributed by atoms with Crippen molar-refractivity contribution < 1.29 is 4.74 Å². The van der Waals surface area contributed by atoms with Crippen LogP contribution in [0.2, 0.25) is 0 Å². The zero-order valence-corrected chi connectivity index (χ0v) is 14.3. The first kappa shape index (κ1) is 18.0. The minimum atomic E-state index is 0.320. The Labute approximate surface area is 130 Å². The Bertz CT molecular complexity index is 416. The van der Waals surface area contributed by atoms with Crippen molar-refractivity contribution in [2.24, 2.45) is 5.73 Å². The minimum Gasteiger partial charge on any atom is -0.383 e. The highest BCUT2D eigenvalue weighted by Gasteiger charge is 2.14. The lowest BCUT2D eigenvalue weighted by molar-refractivity contribution is 0.182. The lowest BCUT2D eigenvalue weighted by Crippen LogP contribution is -2.26. The van der Waals surface area contributed by atoms with Crippen molar-refractivity contribution >= 4 is 5.69 Å². The molecule has 3 nitrogen and oxygen atoms in total. The lowest BCUT2D eigenvalue weighted by Gasteiger charge is -2.23. The van der Waals surface area contributed by atoms with Crippen LogP contribution < -0.4 is 11.1 Å². The molecule has 3 N–H and O–H groups in total. The van der Waals surface area contributed by atoms with E-state index in [1.807, 2.05) is 0 Å². The lowest BCUT2D eigenvalue weighted by atomic mass is 9.94. The van der Waals surface area contributed by atoms with Gasteiger partial charge in [-0.1, -0.05) is 39.8 Å². The number of benzene rings is 1. The molecule has 0 saturated carbocycles. The van der Waals surface area contributed by atoms with Crippen LogP contribution in [-0.4, -0.2) is 26.3 Å². The molecule has 3 heteroatoms. The van der Waals surface area contributed by atoms with Crippen molar-refractivity contribution in [1.29, 1.82) is 0 Å². The van der Waals surface area contributed by atoms with Gasteiger partial charge in [0.1, 0.15) is 0 Å². The number of hydrogen-bond acceptors (Lipinski definition) is 3. The second-order valence-corrected chi connectivity index (χ2v) is 6.38. The average molecular weight is 292 g/mol. The number of ether oxygens (including phenoxy) is 1. The van der Waals surface area contributed by atoms with Crippen LogP contribution in [-0.2, 0) is 4.74 Å². The van der Waals surface area contributed by atoms with Crippen LogP contribution in [0.25, 0.3) is 0 Å². The molecule has 0 aliphatic heterocycles. The van der Waals surface area contributed by atoms with Gasteiger partial charge in [-0.3, -0.25) is 0 Å². The maximum Gasteiger partial charge on any atom is 0.0664 e. The summed E-state index contributed by atoms with van der Waals surface area (Å²) in [7, 11) is 1.75. The maximum atomic E-state index is 5.63. The van der Waals surface area contributed by atoms with E-state index in [9.17, 15) is 0 Å². The van der Waals surface area contributed by atoms with Gasteiger partial charge < -0.3 is 15.8 Å². The van der Waals surface area contributed by atoms with Gasteiger partial charge in [0.2, 0.25) is 0 Å². The van der Waals surface area contributed by atoms with E-state index in [-0.39, 0.29) is 0 Å². The highest BCUT2D eigenvalue weighted by atomic mass is 16.5. The number of nitrogens with two attached hydrogens (primary N) is 1. The first-order valence-corrected chi connectivity index (χ1v) is 8.09. The Morgan fingerprint density at radius 1 is 1.14 bits per heavy atom. The van der Waals surface area contributed by atoms with Crippen LogP contribution in [0.3, 0.4) is 0 Å². The van der Waals surface area contributed by atoms with E-state index in [1.54, 1.807) is 7.11 Å². The van der Waals surface area contributed by atoms with Gasteiger partial charge >= 0.3 is 0 Å². The molecule has 0 spiro atoms. The highest BCUT2D eigenvalue weighted by molar-refractivity contribution is 5.55. The fourth-order valence-corrected chi connectivity index (χ4v) is 2.53. The minimum absolute atomic E-state index is 0.320. The molecule has 0 heterocycles. The number of hydrogen-bond donors (Lipinski definition) is 2. The van der Waals surface area contributed by atoms with Gasteiger partial charge in [-0.25, -0.2) is 0 Å². The van der Waals surface area contributed by atoms with Gasteiger partial charge in [-0.2, -0.15) is 0 Å². The third-order valence-electron chi connectivity index (χ3n) is 3.85. The molecule has 0 aromatic heterocycles. The van der Waals surface area contributed by atoms with Crippen molar-refractivity contribution in [1.82, 2.24) is 0 Å². The van der Waals surface area contributed by atoms with Crippen LogP contribution >= 0.6 is 0 Å². The zero-order chi connectivity index (χ0) is 15.8. The molecule has 0 radical (unpaired) electrons. The van der Waals surface area contributed by atoms with E-state index >= 15 is 0 Å². The molecule has 1 atom stereocenters. The summed E-state index contributed by atoms with van der Waals surface area (Å²) in [6.45, 7) is 10.4. The Morgan fingerprint density at radius 2 is 1.86 bits per heavy atom. The van der Waals surface area contributed by atoms with Crippen molar-refractivity contribution in [3.63, 3.8) is 0 Å². The van der Waals surface area contributed by atoms with Gasteiger partial charge in [0.15, 0.2) is 0 Å². The third-order valence-corrected chi connectivity index (χ3v) is 3.85. The van der Waals surface area contributed by atoms with Gasteiger partial charge in [0.05, 0.1) is 6.61 Å². The van der Waals surface area contributed by atoms with Crippen LogP contribution in [0.1, 0.15) is 63.5 Å². The smallest absolute Gasteiger partial charge is 0.0664 e. The van der Waals surface area contributed by atoms with Gasteiger partial charge in [-0.05, 0) is 48.4 Å². The highest BCUT2D eigenvalue weighted by Crippen LogP contribution is 2.29. The summed E-state index contributed by atoms with van der Waals surface area (Å²) in [4.78, 5) is 0. The van der Waals surface area contributed by atoms with Gasteiger partial charge in [0.25, 0.3) is 0 Å². The van der Waals surface area contributed by atoms with E-state index < -0.39 is 0 Å². The van der Waals surface area contributed by atoms with E-state index in [0.717, 1.165) is 19.4 Å². The van der Waals surface area contributed by atoms with Crippen molar-refractivity contribution in [3.05, 3.63) is 29.3 Å². The summed E-state index contributed by atoms with van der Waals surface area (Å²) in [5.41, 5.74) is 9.64. The number of rotatable bonds is 9. The van der Waals surface area contributed by atoms with E-state index in [4.69, 9.17) is 10.5 Å². The molecule has 0 aliphatic rings. The molecule has 1 rings (SSSR count). The van der Waals surface area contributed by atoms with Crippen molar-refractivity contribution in [2.45, 2.75) is 58.4 Å². The number of methoxy groups -OCH3 is 1. The van der Waals surface area contributed by atoms with Crippen molar-refractivity contribution in [2.75, 3.05) is 25.6 Å². The fourth-order valence-electron chi connectivity index (χ4n) is 2.53. The van der Waals surface area contributed by atoms with Crippen molar-refractivity contribution in [3.8, 4) is 0 Å². The van der Waals surface area contributed by atoms with Gasteiger partial charge in [0, 0.05) is 18.8 Å². The molecular formula is C18H32N2O. The van der Waals surface area contributed by atoms with Crippen LogP contribution in [0.15, 0.2) is 18.2 Å². The summed E-state index contributed by atoms with van der Waals surface area (Å²) >= 11 is 0.